The first-order valence-corrected chi connectivity index (χ1v) is 17.6. The highest BCUT2D eigenvalue weighted by molar-refractivity contribution is 7.92. The summed E-state index contributed by atoms with van der Waals surface area (Å²) in [6.07, 6.45) is 4.00. The van der Waals surface area contributed by atoms with E-state index < -0.39 is 28.5 Å². The van der Waals surface area contributed by atoms with Gasteiger partial charge < -0.3 is 10.2 Å². The number of sulfonamides is 1. The summed E-state index contributed by atoms with van der Waals surface area (Å²) in [4.78, 5) is 30.1. The predicted octanol–water partition coefficient (Wildman–Crippen LogP) is 7.54. The minimum Gasteiger partial charge on any atom is -0.352 e. The minimum absolute atomic E-state index is 0.0125. The van der Waals surface area contributed by atoms with Gasteiger partial charge in [0.05, 0.1) is 20.6 Å². The average Bonchev–Trinajstić information content (AvgIpc) is 3.57. The molecule has 0 bridgehead atoms. The van der Waals surface area contributed by atoms with Crippen LogP contribution in [0.25, 0.3) is 0 Å². The highest BCUT2D eigenvalue weighted by Gasteiger charge is 2.36. The van der Waals surface area contributed by atoms with E-state index in [2.05, 4.69) is 5.32 Å². The van der Waals surface area contributed by atoms with E-state index >= 15 is 0 Å². The number of benzene rings is 4. The van der Waals surface area contributed by atoms with Crippen LogP contribution in [0.1, 0.15) is 36.8 Å². The smallest absolute Gasteiger partial charge is 0.264 e. The molecule has 46 heavy (non-hydrogen) atoms. The van der Waals surface area contributed by atoms with Crippen molar-refractivity contribution in [2.75, 3.05) is 10.8 Å². The fraction of sp³-hybridized carbons (Fsp3) is 0.257. The van der Waals surface area contributed by atoms with E-state index in [-0.39, 0.29) is 45.5 Å². The van der Waals surface area contributed by atoms with Crippen molar-refractivity contribution in [3.05, 3.63) is 129 Å². The molecule has 0 unspecified atom stereocenters. The molecule has 0 aliphatic heterocycles. The lowest BCUT2D eigenvalue weighted by Gasteiger charge is -2.34. The van der Waals surface area contributed by atoms with E-state index in [1.807, 2.05) is 30.3 Å². The maximum atomic E-state index is 14.6. The number of hydrogen-bond acceptors (Lipinski definition) is 4. The second-order valence-corrected chi connectivity index (χ2v) is 14.3. The maximum absolute atomic E-state index is 14.6. The second-order valence-electron chi connectivity index (χ2n) is 11.2. The van der Waals surface area contributed by atoms with Crippen LogP contribution >= 0.6 is 34.8 Å². The van der Waals surface area contributed by atoms with Crippen molar-refractivity contribution in [1.82, 2.24) is 10.2 Å². The van der Waals surface area contributed by atoms with Gasteiger partial charge in [-0.2, -0.15) is 0 Å². The van der Waals surface area contributed by atoms with Crippen molar-refractivity contribution in [2.24, 2.45) is 0 Å². The van der Waals surface area contributed by atoms with Crippen LogP contribution in [0.2, 0.25) is 15.1 Å². The van der Waals surface area contributed by atoms with E-state index in [0.717, 1.165) is 41.1 Å². The number of carbonyl (C=O) groups is 2. The molecule has 4 aromatic rings. The van der Waals surface area contributed by atoms with E-state index in [1.165, 1.54) is 23.1 Å². The highest BCUT2D eigenvalue weighted by atomic mass is 35.5. The van der Waals surface area contributed by atoms with Gasteiger partial charge in [0.25, 0.3) is 10.0 Å². The molecule has 5 rings (SSSR count). The molecule has 1 aliphatic carbocycles. The van der Waals surface area contributed by atoms with Gasteiger partial charge in [0, 0.05) is 24.0 Å². The van der Waals surface area contributed by atoms with Crippen LogP contribution in [0.15, 0.2) is 108 Å². The molecule has 1 aliphatic rings. The van der Waals surface area contributed by atoms with Gasteiger partial charge in [-0.25, -0.2) is 8.42 Å². The molecule has 1 atom stereocenters. The Labute approximate surface area is 285 Å². The normalized spacial score (nSPS) is 14.1. The Bertz CT molecular complexity index is 1750. The Hall–Kier alpha value is -3.56. The number of hydrogen-bond donors (Lipinski definition) is 1. The summed E-state index contributed by atoms with van der Waals surface area (Å²) in [5, 5.41) is 3.81. The molecule has 11 heteroatoms. The van der Waals surface area contributed by atoms with Gasteiger partial charge in [-0.3, -0.25) is 13.9 Å². The number of amides is 2. The average molecular weight is 699 g/mol. The van der Waals surface area contributed by atoms with Crippen molar-refractivity contribution in [3.63, 3.8) is 0 Å². The molecule has 240 valence electrons. The van der Waals surface area contributed by atoms with E-state index in [0.29, 0.717) is 5.02 Å². The van der Waals surface area contributed by atoms with Gasteiger partial charge >= 0.3 is 0 Å². The summed E-state index contributed by atoms with van der Waals surface area (Å²) in [5.74, 6) is -0.885. The standard InChI is InChI=1S/C35H34Cl3N3O4S/c36-27-20-18-26(19-21-27)23-40(32(22-25-10-3-1-4-11-25)35(43)39-28-12-7-8-13-28)33(42)24-41(31-17-9-16-30(37)34(31)38)46(44,45)29-14-5-2-6-15-29/h1-6,9-11,14-21,28,32H,7-8,12-13,22-24H2,(H,39,43)/t32-/m1/s1. The van der Waals surface area contributed by atoms with Crippen molar-refractivity contribution < 1.29 is 18.0 Å². The summed E-state index contributed by atoms with van der Waals surface area (Å²) >= 11 is 19.0. The van der Waals surface area contributed by atoms with E-state index in [4.69, 9.17) is 34.8 Å². The Kier molecular flexibility index (Phi) is 11.3. The summed E-state index contributed by atoms with van der Waals surface area (Å²) in [7, 11) is -4.30. The highest BCUT2D eigenvalue weighted by Crippen LogP contribution is 2.35. The van der Waals surface area contributed by atoms with Gasteiger partial charge in [0.15, 0.2) is 0 Å². The lowest BCUT2D eigenvalue weighted by molar-refractivity contribution is -0.140. The summed E-state index contributed by atoms with van der Waals surface area (Å²) in [6, 6.07) is 27.9. The molecule has 1 fully saturated rings. The number of nitrogens with one attached hydrogen (secondary N) is 1. The Morgan fingerprint density at radius 1 is 0.783 bits per heavy atom. The summed E-state index contributed by atoms with van der Waals surface area (Å²) in [5.41, 5.74) is 1.63. The number of carbonyl (C=O) groups excluding carboxylic acids is 2. The third-order valence-electron chi connectivity index (χ3n) is 8.05. The molecular formula is C35H34Cl3N3O4S. The van der Waals surface area contributed by atoms with E-state index in [9.17, 15) is 18.0 Å². The molecule has 0 saturated heterocycles. The molecule has 1 saturated carbocycles. The Morgan fingerprint density at radius 3 is 2.07 bits per heavy atom. The molecule has 0 heterocycles. The van der Waals surface area contributed by atoms with Crippen molar-refractivity contribution >= 4 is 62.3 Å². The molecule has 0 aromatic heterocycles. The summed E-state index contributed by atoms with van der Waals surface area (Å²) in [6.45, 7) is -0.596. The molecule has 2 amide bonds. The third-order valence-corrected chi connectivity index (χ3v) is 10.9. The van der Waals surface area contributed by atoms with Gasteiger partial charge in [0.2, 0.25) is 11.8 Å². The van der Waals surface area contributed by atoms with Gasteiger partial charge in [-0.15, -0.1) is 0 Å². The fourth-order valence-corrected chi connectivity index (χ4v) is 7.65. The van der Waals surface area contributed by atoms with Crippen LogP contribution in [0, 0.1) is 0 Å². The molecule has 0 radical (unpaired) electrons. The first-order valence-electron chi connectivity index (χ1n) is 15.0. The SMILES string of the molecule is O=C(NC1CCCC1)[C@@H](Cc1ccccc1)N(Cc1ccc(Cl)cc1)C(=O)CN(c1cccc(Cl)c1Cl)S(=O)(=O)c1ccccc1. The van der Waals surface area contributed by atoms with E-state index in [1.54, 1.807) is 54.6 Å². The molecule has 7 nitrogen and oxygen atoms in total. The lowest BCUT2D eigenvalue weighted by Crippen LogP contribution is -2.54. The summed E-state index contributed by atoms with van der Waals surface area (Å²) < 4.78 is 29.2. The van der Waals surface area contributed by atoms with Crippen LogP contribution in [0.3, 0.4) is 0 Å². The molecule has 1 N–H and O–H groups in total. The quantitative estimate of drug-likeness (QED) is 0.166. The number of rotatable bonds is 12. The second kappa shape index (κ2) is 15.4. The number of anilines is 1. The largest absolute Gasteiger partial charge is 0.352 e. The van der Waals surface area contributed by atoms with Gasteiger partial charge in [-0.1, -0.05) is 114 Å². The first kappa shape index (κ1) is 33.8. The van der Waals surface area contributed by atoms with Crippen molar-refractivity contribution in [3.8, 4) is 0 Å². The van der Waals surface area contributed by atoms with Crippen LogP contribution in [-0.2, 0) is 32.6 Å². The molecular weight excluding hydrogens is 665 g/mol. The first-order chi connectivity index (χ1) is 22.1. The number of halogens is 3. The lowest BCUT2D eigenvalue weighted by atomic mass is 10.0. The fourth-order valence-electron chi connectivity index (χ4n) is 5.63. The van der Waals surface area contributed by atoms with Crippen LogP contribution < -0.4 is 9.62 Å². The van der Waals surface area contributed by atoms with Gasteiger partial charge in [-0.05, 0) is 60.4 Å². The zero-order chi connectivity index (χ0) is 32.7. The Morgan fingerprint density at radius 2 is 1.41 bits per heavy atom. The van der Waals surface area contributed by atoms with Crippen LogP contribution in [0.4, 0.5) is 5.69 Å². The maximum Gasteiger partial charge on any atom is 0.264 e. The Balaban J connectivity index is 1.58. The molecule has 0 spiro atoms. The van der Waals surface area contributed by atoms with Crippen molar-refractivity contribution in [1.29, 1.82) is 0 Å². The zero-order valence-electron chi connectivity index (χ0n) is 25.0. The minimum atomic E-state index is -4.30. The van der Waals surface area contributed by atoms with Crippen LogP contribution in [0.5, 0.6) is 0 Å². The molecule has 4 aromatic carbocycles. The van der Waals surface area contributed by atoms with Crippen LogP contribution in [-0.4, -0.2) is 43.8 Å². The van der Waals surface area contributed by atoms with Gasteiger partial charge in [0.1, 0.15) is 12.6 Å². The number of nitrogens with zero attached hydrogens (tertiary/aromatic N) is 2. The zero-order valence-corrected chi connectivity index (χ0v) is 28.1. The van der Waals surface area contributed by atoms with Crippen molar-refractivity contribution in [2.45, 2.75) is 55.6 Å². The monoisotopic (exact) mass is 697 g/mol. The predicted molar refractivity (Wildman–Crippen MR) is 184 cm³/mol. The topological polar surface area (TPSA) is 86.8 Å². The third kappa shape index (κ3) is 8.23.